The third-order valence-corrected chi connectivity index (χ3v) is 4.67. The topological polar surface area (TPSA) is 70.5 Å². The van der Waals surface area contributed by atoms with Crippen LogP contribution in [0.4, 0.5) is 4.39 Å². The highest BCUT2D eigenvalue weighted by atomic mass is 32.2. The van der Waals surface area contributed by atoms with Crippen LogP contribution in [-0.4, -0.2) is 41.5 Å². The summed E-state index contributed by atoms with van der Waals surface area (Å²) in [7, 11) is -3.74. The van der Waals surface area contributed by atoms with Gasteiger partial charge in [0.25, 0.3) is 0 Å². The molecule has 1 aliphatic rings. The predicted molar refractivity (Wildman–Crippen MR) is 58.2 cm³/mol. The van der Waals surface area contributed by atoms with Gasteiger partial charge in [0.05, 0.1) is 11.8 Å². The Morgan fingerprint density at radius 3 is 2.71 bits per heavy atom. The number of aliphatic hydroxyl groups is 1. The maximum absolute atomic E-state index is 12.9. The summed E-state index contributed by atoms with van der Waals surface area (Å²) in [6.45, 7) is 1.87. The molecule has 94 valence electrons. The van der Waals surface area contributed by atoms with E-state index in [-0.39, 0.29) is 18.0 Å². The number of β-amino-alcohol motifs (C(OH)–C–C–N with tert-alkyl or cyclic N) is 1. The second kappa shape index (κ2) is 4.01. The summed E-state index contributed by atoms with van der Waals surface area (Å²) in [5.74, 6) is -0.697. The molecule has 0 atom stereocenters. The Morgan fingerprint density at radius 1 is 1.53 bits per heavy atom. The minimum Gasteiger partial charge on any atom is -0.387 e. The van der Waals surface area contributed by atoms with Crippen molar-refractivity contribution in [3.63, 3.8) is 0 Å². The van der Waals surface area contributed by atoms with Crippen molar-refractivity contribution in [1.82, 2.24) is 9.29 Å². The molecule has 1 aromatic rings. The number of nitrogens with zero attached hydrogens (tertiary/aromatic N) is 2. The Kier molecular flexibility index (Phi) is 2.92. The second-order valence-electron chi connectivity index (χ2n) is 4.19. The first kappa shape index (κ1) is 12.4. The van der Waals surface area contributed by atoms with Crippen molar-refractivity contribution in [1.29, 1.82) is 0 Å². The molecule has 0 amide bonds. The van der Waals surface area contributed by atoms with Gasteiger partial charge in [0.1, 0.15) is 10.7 Å². The van der Waals surface area contributed by atoms with Crippen molar-refractivity contribution in [3.05, 3.63) is 24.3 Å². The smallest absolute Gasteiger partial charge is 0.244 e. The highest BCUT2D eigenvalue weighted by Crippen LogP contribution is 2.29. The van der Waals surface area contributed by atoms with Crippen LogP contribution < -0.4 is 0 Å². The highest BCUT2D eigenvalue weighted by molar-refractivity contribution is 7.89. The molecule has 1 fully saturated rings. The first-order valence-corrected chi connectivity index (χ1v) is 6.64. The molecule has 7 heteroatoms. The predicted octanol–water partition coefficient (Wildman–Crippen LogP) is 0.366. The fourth-order valence-electron chi connectivity index (χ4n) is 1.69. The van der Waals surface area contributed by atoms with Crippen LogP contribution in [0, 0.1) is 5.82 Å². The molecule has 1 N–H and O–H groups in total. The normalized spacial score (nSPS) is 19.9. The number of halogens is 1. The maximum Gasteiger partial charge on any atom is 0.244 e. The second-order valence-corrected chi connectivity index (χ2v) is 6.13. The van der Waals surface area contributed by atoms with E-state index in [0.717, 1.165) is 22.8 Å². The lowest BCUT2D eigenvalue weighted by Gasteiger charge is -2.44. The number of pyridine rings is 1. The molecule has 5 nitrogen and oxygen atoms in total. The van der Waals surface area contributed by atoms with Gasteiger partial charge in [0, 0.05) is 19.3 Å². The zero-order valence-corrected chi connectivity index (χ0v) is 10.1. The summed E-state index contributed by atoms with van der Waals surface area (Å²) in [6.07, 6.45) is 2.53. The molecule has 1 aromatic heterocycles. The monoisotopic (exact) mass is 260 g/mol. The van der Waals surface area contributed by atoms with Crippen LogP contribution in [0.5, 0.6) is 0 Å². The van der Waals surface area contributed by atoms with Crippen molar-refractivity contribution in [2.45, 2.75) is 23.8 Å². The fourth-order valence-corrected chi connectivity index (χ4v) is 3.26. The van der Waals surface area contributed by atoms with Crippen LogP contribution >= 0.6 is 0 Å². The molecule has 0 saturated carbocycles. The van der Waals surface area contributed by atoms with Crippen LogP contribution in [0.15, 0.2) is 23.4 Å². The van der Waals surface area contributed by atoms with E-state index in [1.54, 1.807) is 6.92 Å². The summed E-state index contributed by atoms with van der Waals surface area (Å²) >= 11 is 0. The molecule has 0 aromatic carbocycles. The lowest BCUT2D eigenvalue weighted by Crippen LogP contribution is -2.62. The summed E-state index contributed by atoms with van der Waals surface area (Å²) in [6, 6.07) is 0.922. The van der Waals surface area contributed by atoms with E-state index < -0.39 is 21.4 Å². The Morgan fingerprint density at radius 2 is 2.18 bits per heavy atom. The average molecular weight is 260 g/mol. The number of hydrogen-bond acceptors (Lipinski definition) is 4. The SMILES string of the molecule is CCC1(O)CN(S(=O)(=O)c2cncc(F)c2)C1. The Bertz CT molecular complexity index is 526. The van der Waals surface area contributed by atoms with Crippen LogP contribution in [0.2, 0.25) is 0 Å². The quantitative estimate of drug-likeness (QED) is 0.852. The van der Waals surface area contributed by atoms with Crippen LogP contribution in [-0.2, 0) is 10.0 Å². The number of rotatable bonds is 3. The molecule has 1 saturated heterocycles. The van der Waals surface area contributed by atoms with Gasteiger partial charge in [-0.3, -0.25) is 4.98 Å². The number of aromatic nitrogens is 1. The Balaban J connectivity index is 2.22. The van der Waals surface area contributed by atoms with E-state index in [1.807, 2.05) is 0 Å². The molecule has 2 rings (SSSR count). The fraction of sp³-hybridized carbons (Fsp3) is 0.500. The molecule has 0 bridgehead atoms. The van der Waals surface area contributed by atoms with Gasteiger partial charge in [-0.2, -0.15) is 4.31 Å². The van der Waals surface area contributed by atoms with Crippen LogP contribution in [0.1, 0.15) is 13.3 Å². The van der Waals surface area contributed by atoms with Gasteiger partial charge in [-0.25, -0.2) is 12.8 Å². The van der Waals surface area contributed by atoms with E-state index in [0.29, 0.717) is 6.42 Å². The first-order chi connectivity index (χ1) is 7.87. The van der Waals surface area contributed by atoms with Gasteiger partial charge in [-0.05, 0) is 12.5 Å². The summed E-state index contributed by atoms with van der Waals surface area (Å²) in [5, 5.41) is 9.76. The summed E-state index contributed by atoms with van der Waals surface area (Å²) in [5.41, 5.74) is -0.951. The largest absolute Gasteiger partial charge is 0.387 e. The molecule has 0 radical (unpaired) electrons. The van der Waals surface area contributed by atoms with Gasteiger partial charge >= 0.3 is 0 Å². The molecule has 2 heterocycles. The summed E-state index contributed by atoms with van der Waals surface area (Å²) < 4.78 is 38.0. The summed E-state index contributed by atoms with van der Waals surface area (Å²) in [4.78, 5) is 3.32. The molecule has 17 heavy (non-hydrogen) atoms. The van der Waals surface area contributed by atoms with Gasteiger partial charge in [-0.1, -0.05) is 6.92 Å². The third kappa shape index (κ3) is 2.18. The number of hydrogen-bond donors (Lipinski definition) is 1. The number of sulfonamides is 1. The maximum atomic E-state index is 12.9. The zero-order valence-electron chi connectivity index (χ0n) is 9.30. The minimum absolute atomic E-state index is 0.0440. The highest BCUT2D eigenvalue weighted by Gasteiger charge is 2.46. The van der Waals surface area contributed by atoms with Gasteiger partial charge in [0.15, 0.2) is 0 Å². The molecule has 0 aliphatic carbocycles. The van der Waals surface area contributed by atoms with Crippen molar-refractivity contribution < 1.29 is 17.9 Å². The van der Waals surface area contributed by atoms with E-state index in [2.05, 4.69) is 4.98 Å². The zero-order chi connectivity index (χ0) is 12.7. The van der Waals surface area contributed by atoms with E-state index in [1.165, 1.54) is 0 Å². The van der Waals surface area contributed by atoms with Gasteiger partial charge < -0.3 is 5.11 Å². The molecule has 0 spiro atoms. The lowest BCUT2D eigenvalue weighted by atomic mass is 9.94. The third-order valence-electron chi connectivity index (χ3n) is 2.92. The van der Waals surface area contributed by atoms with Gasteiger partial charge in [0.2, 0.25) is 10.0 Å². The van der Waals surface area contributed by atoms with Crippen LogP contribution in [0.3, 0.4) is 0 Å². The van der Waals surface area contributed by atoms with Crippen molar-refractivity contribution in [2.75, 3.05) is 13.1 Å². The van der Waals surface area contributed by atoms with E-state index in [4.69, 9.17) is 0 Å². The standard InChI is InChI=1S/C10H13FN2O3S/c1-2-10(14)6-13(7-10)17(15,16)9-3-8(11)4-12-5-9/h3-5,14H,2,6-7H2,1H3. The average Bonchev–Trinajstić information content (AvgIpc) is 2.24. The molecular weight excluding hydrogens is 247 g/mol. The van der Waals surface area contributed by atoms with E-state index in [9.17, 15) is 17.9 Å². The minimum atomic E-state index is -3.74. The molecular formula is C10H13FN2O3S. The lowest BCUT2D eigenvalue weighted by molar-refractivity contribution is -0.0613. The van der Waals surface area contributed by atoms with E-state index >= 15 is 0 Å². The molecule has 1 aliphatic heterocycles. The van der Waals surface area contributed by atoms with Crippen molar-refractivity contribution in [2.24, 2.45) is 0 Å². The Labute approximate surface area is 99.0 Å². The van der Waals surface area contributed by atoms with Crippen molar-refractivity contribution >= 4 is 10.0 Å². The van der Waals surface area contributed by atoms with Crippen LogP contribution in [0.25, 0.3) is 0 Å². The Hall–Kier alpha value is -1.05. The van der Waals surface area contributed by atoms with Gasteiger partial charge in [-0.15, -0.1) is 0 Å². The molecule has 0 unspecified atom stereocenters. The van der Waals surface area contributed by atoms with Crippen molar-refractivity contribution in [3.8, 4) is 0 Å². The first-order valence-electron chi connectivity index (χ1n) is 5.20.